The molecule has 2 aromatic rings. The van der Waals surface area contributed by atoms with E-state index in [1.54, 1.807) is 12.1 Å². The van der Waals surface area contributed by atoms with Gasteiger partial charge in [0.2, 0.25) is 0 Å². The Labute approximate surface area is 136 Å². The van der Waals surface area contributed by atoms with Crippen molar-refractivity contribution in [3.8, 4) is 0 Å². The summed E-state index contributed by atoms with van der Waals surface area (Å²) in [4.78, 5) is 15.4. The summed E-state index contributed by atoms with van der Waals surface area (Å²) in [6.45, 7) is 7.35. The highest BCUT2D eigenvalue weighted by Gasteiger charge is 2.39. The van der Waals surface area contributed by atoms with Gasteiger partial charge in [0.1, 0.15) is 4.88 Å². The van der Waals surface area contributed by atoms with Crippen molar-refractivity contribution in [2.45, 2.75) is 39.3 Å². The number of thiazole rings is 1. The predicted molar refractivity (Wildman–Crippen MR) is 84.9 cm³/mol. The SMILES string of the molecule is Cc1nc(C(F)(F)F)c(C(=O)Nc2ccccc2C(C)(C)C)s1. The van der Waals surface area contributed by atoms with Gasteiger partial charge in [-0.05, 0) is 24.0 Å². The molecule has 1 aromatic carbocycles. The van der Waals surface area contributed by atoms with Gasteiger partial charge in [-0.3, -0.25) is 4.79 Å². The quantitative estimate of drug-likeness (QED) is 0.832. The number of rotatable bonds is 2. The highest BCUT2D eigenvalue weighted by atomic mass is 32.1. The fraction of sp³-hybridized carbons (Fsp3) is 0.375. The summed E-state index contributed by atoms with van der Waals surface area (Å²) < 4.78 is 39.0. The van der Waals surface area contributed by atoms with Gasteiger partial charge in [-0.15, -0.1) is 11.3 Å². The Hall–Kier alpha value is -1.89. The molecule has 0 spiro atoms. The van der Waals surface area contributed by atoms with E-state index < -0.39 is 22.7 Å². The summed E-state index contributed by atoms with van der Waals surface area (Å²) >= 11 is 0.739. The molecule has 1 amide bonds. The van der Waals surface area contributed by atoms with Crippen molar-refractivity contribution in [1.82, 2.24) is 4.98 Å². The van der Waals surface area contributed by atoms with Gasteiger partial charge in [0, 0.05) is 5.69 Å². The van der Waals surface area contributed by atoms with E-state index in [9.17, 15) is 18.0 Å². The number of para-hydroxylation sites is 1. The molecule has 7 heteroatoms. The van der Waals surface area contributed by atoms with Crippen molar-refractivity contribution in [2.75, 3.05) is 5.32 Å². The number of anilines is 1. The van der Waals surface area contributed by atoms with Crippen LogP contribution in [0.5, 0.6) is 0 Å². The molecule has 3 nitrogen and oxygen atoms in total. The van der Waals surface area contributed by atoms with Crippen LogP contribution in [-0.2, 0) is 11.6 Å². The molecule has 0 saturated heterocycles. The number of benzene rings is 1. The normalized spacial score (nSPS) is 12.3. The van der Waals surface area contributed by atoms with Crippen molar-refractivity contribution < 1.29 is 18.0 Å². The summed E-state index contributed by atoms with van der Waals surface area (Å²) in [5.74, 6) is -0.792. The number of carbonyl (C=O) groups excluding carboxylic acids is 1. The maximum atomic E-state index is 13.0. The van der Waals surface area contributed by atoms with Crippen LogP contribution in [0.4, 0.5) is 18.9 Å². The number of halogens is 3. The highest BCUT2D eigenvalue weighted by Crippen LogP contribution is 2.35. The third-order valence-electron chi connectivity index (χ3n) is 3.19. The van der Waals surface area contributed by atoms with Crippen molar-refractivity contribution in [2.24, 2.45) is 0 Å². The van der Waals surface area contributed by atoms with Gasteiger partial charge >= 0.3 is 6.18 Å². The van der Waals surface area contributed by atoms with Gasteiger partial charge < -0.3 is 5.32 Å². The Balaban J connectivity index is 2.39. The molecule has 0 aliphatic heterocycles. The lowest BCUT2D eigenvalue weighted by Crippen LogP contribution is -2.20. The van der Waals surface area contributed by atoms with Crippen LogP contribution in [0.25, 0.3) is 0 Å². The Kier molecular flexibility index (Phi) is 4.52. The van der Waals surface area contributed by atoms with E-state index in [-0.39, 0.29) is 10.4 Å². The summed E-state index contributed by atoms with van der Waals surface area (Å²) in [5, 5.41) is 2.79. The van der Waals surface area contributed by atoms with Gasteiger partial charge in [0.25, 0.3) is 5.91 Å². The Bertz CT molecular complexity index is 730. The molecule has 2 rings (SSSR count). The average molecular weight is 342 g/mol. The molecule has 0 unspecified atom stereocenters. The van der Waals surface area contributed by atoms with Crippen molar-refractivity contribution >= 4 is 22.9 Å². The first-order valence-corrected chi connectivity index (χ1v) is 7.77. The summed E-state index contributed by atoms with van der Waals surface area (Å²) in [5.41, 5.74) is -0.0292. The van der Waals surface area contributed by atoms with Crippen LogP contribution >= 0.6 is 11.3 Å². The predicted octanol–water partition coefficient (Wildman–Crippen LogP) is 5.02. The Morgan fingerprint density at radius 1 is 1.17 bits per heavy atom. The fourth-order valence-electron chi connectivity index (χ4n) is 2.20. The van der Waals surface area contributed by atoms with E-state index in [1.807, 2.05) is 32.9 Å². The molecule has 0 bridgehead atoms. The van der Waals surface area contributed by atoms with Crippen LogP contribution in [0.1, 0.15) is 46.7 Å². The van der Waals surface area contributed by atoms with Crippen LogP contribution in [0.2, 0.25) is 0 Å². The van der Waals surface area contributed by atoms with Crippen LogP contribution in [-0.4, -0.2) is 10.9 Å². The minimum atomic E-state index is -4.65. The van der Waals surface area contributed by atoms with E-state index in [2.05, 4.69) is 10.3 Å². The Morgan fingerprint density at radius 3 is 2.35 bits per heavy atom. The fourth-order valence-corrected chi connectivity index (χ4v) is 3.03. The lowest BCUT2D eigenvalue weighted by atomic mass is 9.86. The number of aromatic nitrogens is 1. The van der Waals surface area contributed by atoms with Crippen molar-refractivity contribution in [1.29, 1.82) is 0 Å². The molecular weight excluding hydrogens is 325 g/mol. The van der Waals surface area contributed by atoms with Gasteiger partial charge in [0.15, 0.2) is 5.69 Å². The van der Waals surface area contributed by atoms with Crippen molar-refractivity contribution in [3.05, 3.63) is 45.4 Å². The van der Waals surface area contributed by atoms with E-state index in [0.29, 0.717) is 5.69 Å². The number of nitrogens with zero attached hydrogens (tertiary/aromatic N) is 1. The molecule has 0 radical (unpaired) electrons. The molecule has 1 heterocycles. The lowest BCUT2D eigenvalue weighted by molar-refractivity contribution is -0.141. The number of nitrogens with one attached hydrogen (secondary N) is 1. The largest absolute Gasteiger partial charge is 0.435 e. The monoisotopic (exact) mass is 342 g/mol. The molecule has 23 heavy (non-hydrogen) atoms. The van der Waals surface area contributed by atoms with Crippen LogP contribution < -0.4 is 5.32 Å². The first kappa shape index (κ1) is 17.5. The number of aryl methyl sites for hydroxylation is 1. The number of hydrogen-bond donors (Lipinski definition) is 1. The zero-order chi connectivity index (χ0) is 17.4. The summed E-state index contributed by atoms with van der Waals surface area (Å²) in [6.07, 6.45) is -4.65. The van der Waals surface area contributed by atoms with E-state index in [4.69, 9.17) is 0 Å². The lowest BCUT2D eigenvalue weighted by Gasteiger charge is -2.23. The maximum Gasteiger partial charge on any atom is 0.435 e. The molecular formula is C16H17F3N2OS. The molecule has 1 aromatic heterocycles. The van der Waals surface area contributed by atoms with E-state index in [1.165, 1.54) is 6.92 Å². The third kappa shape index (κ3) is 3.90. The summed E-state index contributed by atoms with van der Waals surface area (Å²) in [7, 11) is 0. The topological polar surface area (TPSA) is 42.0 Å². The number of carbonyl (C=O) groups is 1. The van der Waals surface area contributed by atoms with Gasteiger partial charge in [-0.25, -0.2) is 4.98 Å². The zero-order valence-corrected chi connectivity index (χ0v) is 14.0. The molecule has 124 valence electrons. The number of hydrogen-bond acceptors (Lipinski definition) is 3. The third-order valence-corrected chi connectivity index (χ3v) is 4.16. The molecule has 0 fully saturated rings. The van der Waals surface area contributed by atoms with Gasteiger partial charge in [-0.1, -0.05) is 39.0 Å². The molecule has 0 saturated carbocycles. The second-order valence-corrected chi connectivity index (χ2v) is 7.36. The van der Waals surface area contributed by atoms with E-state index in [0.717, 1.165) is 16.9 Å². The average Bonchev–Trinajstić information content (AvgIpc) is 2.80. The Morgan fingerprint density at radius 2 is 1.78 bits per heavy atom. The minimum Gasteiger partial charge on any atom is -0.321 e. The zero-order valence-electron chi connectivity index (χ0n) is 13.2. The second kappa shape index (κ2) is 5.96. The minimum absolute atomic E-state index is 0.201. The standard InChI is InChI=1S/C16H17F3N2OS/c1-9-20-13(16(17,18)19)12(23-9)14(22)21-11-8-6-5-7-10(11)15(2,3)4/h5-8H,1-4H3,(H,21,22). The maximum absolute atomic E-state index is 13.0. The van der Waals surface area contributed by atoms with Crippen LogP contribution in [0.3, 0.4) is 0 Å². The number of amides is 1. The van der Waals surface area contributed by atoms with Gasteiger partial charge in [-0.2, -0.15) is 13.2 Å². The molecule has 0 aliphatic rings. The molecule has 0 atom stereocenters. The van der Waals surface area contributed by atoms with Crippen molar-refractivity contribution in [3.63, 3.8) is 0 Å². The van der Waals surface area contributed by atoms with Crippen LogP contribution in [0.15, 0.2) is 24.3 Å². The highest BCUT2D eigenvalue weighted by molar-refractivity contribution is 7.13. The first-order valence-electron chi connectivity index (χ1n) is 6.95. The first-order chi connectivity index (χ1) is 10.5. The summed E-state index contributed by atoms with van der Waals surface area (Å²) in [6, 6.07) is 7.08. The van der Waals surface area contributed by atoms with E-state index >= 15 is 0 Å². The smallest absolute Gasteiger partial charge is 0.321 e. The van der Waals surface area contributed by atoms with Gasteiger partial charge in [0.05, 0.1) is 5.01 Å². The number of alkyl halides is 3. The second-order valence-electron chi connectivity index (χ2n) is 6.16. The van der Waals surface area contributed by atoms with Crippen LogP contribution in [0, 0.1) is 6.92 Å². The molecule has 1 N–H and O–H groups in total. The molecule has 0 aliphatic carbocycles.